The van der Waals surface area contributed by atoms with Gasteiger partial charge in [-0.15, -0.1) is 11.3 Å². The minimum Gasteiger partial charge on any atom is -0.350 e. The quantitative estimate of drug-likeness (QED) is 0.833. The number of amides is 1. The maximum atomic E-state index is 12.8. The molecule has 0 saturated carbocycles. The van der Waals surface area contributed by atoms with Crippen molar-refractivity contribution >= 4 is 17.2 Å². The number of ether oxygens (including phenoxy) is 1. The number of thiophene rings is 1. The van der Waals surface area contributed by atoms with Crippen LogP contribution in [0.15, 0.2) is 18.2 Å². The minimum atomic E-state index is -4.48. The summed E-state index contributed by atoms with van der Waals surface area (Å²) in [6.45, 7) is 0.588. The highest BCUT2D eigenvalue weighted by Crippen LogP contribution is 2.34. The van der Waals surface area contributed by atoms with Crippen molar-refractivity contribution in [1.29, 1.82) is 0 Å². The maximum absolute atomic E-state index is 12.8. The zero-order valence-electron chi connectivity index (χ0n) is 13.3. The van der Waals surface area contributed by atoms with Crippen LogP contribution >= 0.6 is 11.3 Å². The Bertz CT molecular complexity index is 751. The number of nitrogens with zero attached hydrogens (tertiary/aromatic N) is 2. The number of carbonyl (C=O) groups is 1. The Labute approximate surface area is 145 Å². The van der Waals surface area contributed by atoms with Crippen molar-refractivity contribution in [3.05, 3.63) is 28.8 Å². The highest BCUT2D eigenvalue weighted by atomic mass is 32.1. The van der Waals surface area contributed by atoms with Crippen LogP contribution in [0.25, 0.3) is 10.6 Å². The molecule has 3 heterocycles. The number of nitrogens with one attached hydrogen (secondary N) is 1. The molecule has 0 aliphatic carbocycles. The summed E-state index contributed by atoms with van der Waals surface area (Å²) >= 11 is 1.04. The summed E-state index contributed by atoms with van der Waals surface area (Å²) in [5.41, 5.74) is 1.63. The molecular formula is C15H16F3N3O3S. The number of aromatic nitrogens is 2. The summed E-state index contributed by atoms with van der Waals surface area (Å²) in [5, 5.41) is 3.86. The first-order chi connectivity index (χ1) is 11.8. The number of aryl methyl sites for hydroxylation is 1. The maximum Gasteiger partial charge on any atom is 0.433 e. The van der Waals surface area contributed by atoms with E-state index in [0.29, 0.717) is 22.8 Å². The first kappa shape index (κ1) is 17.9. The molecule has 0 aromatic carbocycles. The first-order valence-corrected chi connectivity index (χ1v) is 8.45. The molecule has 136 valence electrons. The van der Waals surface area contributed by atoms with E-state index in [9.17, 15) is 18.0 Å². The average Bonchev–Trinajstić information content (AvgIpc) is 3.19. The molecule has 6 nitrogen and oxygen atoms in total. The van der Waals surface area contributed by atoms with E-state index in [1.807, 2.05) is 0 Å². The van der Waals surface area contributed by atoms with Crippen LogP contribution in [0.1, 0.15) is 34.6 Å². The summed E-state index contributed by atoms with van der Waals surface area (Å²) in [4.78, 5) is 18.0. The van der Waals surface area contributed by atoms with E-state index in [1.54, 1.807) is 6.07 Å². The fourth-order valence-electron chi connectivity index (χ4n) is 2.42. The molecule has 10 heteroatoms. The molecular weight excluding hydrogens is 359 g/mol. The molecule has 25 heavy (non-hydrogen) atoms. The lowest BCUT2D eigenvalue weighted by Gasteiger charge is -2.21. The van der Waals surface area contributed by atoms with E-state index >= 15 is 0 Å². The van der Waals surface area contributed by atoms with Gasteiger partial charge in [-0.1, -0.05) is 0 Å². The second kappa shape index (κ2) is 7.14. The fraction of sp³-hybridized carbons (Fsp3) is 0.467. The van der Waals surface area contributed by atoms with Gasteiger partial charge in [-0.25, -0.2) is 10.3 Å². The standard InChI is InChI=1S/C15H16F3N3O3S/c1-21-12(15(16,17)18)8-9(19-21)10-5-6-11(25-10)14(22)20-24-13-4-2-3-7-23-13/h5-6,8,13H,2-4,7H2,1H3,(H,20,22). The second-order valence-corrected chi connectivity index (χ2v) is 6.63. The van der Waals surface area contributed by atoms with Gasteiger partial charge in [0, 0.05) is 20.1 Å². The smallest absolute Gasteiger partial charge is 0.350 e. The van der Waals surface area contributed by atoms with Crippen molar-refractivity contribution in [2.45, 2.75) is 31.7 Å². The summed E-state index contributed by atoms with van der Waals surface area (Å²) in [7, 11) is 1.23. The molecule has 0 radical (unpaired) electrons. The fourth-order valence-corrected chi connectivity index (χ4v) is 3.27. The first-order valence-electron chi connectivity index (χ1n) is 7.63. The van der Waals surface area contributed by atoms with Crippen LogP contribution in [0.4, 0.5) is 13.2 Å². The minimum absolute atomic E-state index is 0.162. The third-order valence-corrected chi connectivity index (χ3v) is 4.78. The zero-order valence-corrected chi connectivity index (χ0v) is 14.1. The molecule has 1 aliphatic rings. The third-order valence-electron chi connectivity index (χ3n) is 3.67. The van der Waals surface area contributed by atoms with Crippen molar-refractivity contribution in [3.8, 4) is 10.6 Å². The highest BCUT2D eigenvalue weighted by molar-refractivity contribution is 7.17. The van der Waals surface area contributed by atoms with Crippen LogP contribution in [-0.4, -0.2) is 28.6 Å². The number of hydrogen-bond donors (Lipinski definition) is 1. The molecule has 3 rings (SSSR count). The summed E-state index contributed by atoms with van der Waals surface area (Å²) < 4.78 is 44.6. The molecule has 1 atom stereocenters. The van der Waals surface area contributed by atoms with E-state index in [4.69, 9.17) is 9.57 Å². The highest BCUT2D eigenvalue weighted by Gasteiger charge is 2.35. The predicted octanol–water partition coefficient (Wildman–Crippen LogP) is 3.36. The number of carbonyl (C=O) groups excluding carboxylic acids is 1. The normalized spacial score (nSPS) is 18.3. The Morgan fingerprint density at radius 1 is 1.44 bits per heavy atom. The van der Waals surface area contributed by atoms with Crippen molar-refractivity contribution in [2.24, 2.45) is 7.05 Å². The molecule has 1 amide bonds. The van der Waals surface area contributed by atoms with Crippen LogP contribution < -0.4 is 5.48 Å². The van der Waals surface area contributed by atoms with Crippen LogP contribution in [-0.2, 0) is 22.8 Å². The number of hydrogen-bond acceptors (Lipinski definition) is 5. The molecule has 2 aromatic heterocycles. The van der Waals surface area contributed by atoms with Crippen LogP contribution in [0.2, 0.25) is 0 Å². The van der Waals surface area contributed by atoms with Crippen LogP contribution in [0.5, 0.6) is 0 Å². The molecule has 1 fully saturated rings. The molecule has 1 saturated heterocycles. The van der Waals surface area contributed by atoms with Gasteiger partial charge in [0.15, 0.2) is 6.29 Å². The second-order valence-electron chi connectivity index (χ2n) is 5.55. The SMILES string of the molecule is Cn1nc(-c2ccc(C(=O)NOC3CCCCO3)s2)cc1C(F)(F)F. The Hall–Kier alpha value is -1.91. The number of rotatable bonds is 4. The monoisotopic (exact) mass is 375 g/mol. The van der Waals surface area contributed by atoms with E-state index < -0.39 is 24.1 Å². The lowest BCUT2D eigenvalue weighted by atomic mass is 10.2. The molecule has 2 aromatic rings. The van der Waals surface area contributed by atoms with E-state index in [2.05, 4.69) is 10.6 Å². The topological polar surface area (TPSA) is 65.4 Å². The Balaban J connectivity index is 1.66. The largest absolute Gasteiger partial charge is 0.433 e. The van der Waals surface area contributed by atoms with Gasteiger partial charge < -0.3 is 4.74 Å². The van der Waals surface area contributed by atoms with Gasteiger partial charge in [-0.2, -0.15) is 18.3 Å². The number of halogens is 3. The summed E-state index contributed by atoms with van der Waals surface area (Å²) in [5.74, 6) is -0.475. The van der Waals surface area contributed by atoms with Crippen molar-refractivity contribution in [3.63, 3.8) is 0 Å². The van der Waals surface area contributed by atoms with Crippen molar-refractivity contribution < 1.29 is 27.5 Å². The Kier molecular flexibility index (Phi) is 5.11. The molecule has 0 bridgehead atoms. The third kappa shape index (κ3) is 4.20. The van der Waals surface area contributed by atoms with Crippen LogP contribution in [0, 0.1) is 0 Å². The molecule has 1 N–H and O–H groups in total. The summed E-state index contributed by atoms with van der Waals surface area (Å²) in [6, 6.07) is 4.03. The molecule has 1 aliphatic heterocycles. The number of hydroxylamine groups is 1. The Morgan fingerprint density at radius 2 is 2.24 bits per heavy atom. The number of alkyl halides is 3. The van der Waals surface area contributed by atoms with E-state index in [0.717, 1.165) is 34.9 Å². The van der Waals surface area contributed by atoms with Crippen molar-refractivity contribution in [2.75, 3.05) is 6.61 Å². The van der Waals surface area contributed by atoms with Gasteiger partial charge in [0.1, 0.15) is 11.4 Å². The van der Waals surface area contributed by atoms with Gasteiger partial charge in [0.05, 0.1) is 9.75 Å². The molecule has 1 unspecified atom stereocenters. The lowest BCUT2D eigenvalue weighted by molar-refractivity contribution is -0.186. The molecule has 0 spiro atoms. The van der Waals surface area contributed by atoms with Gasteiger partial charge >= 0.3 is 6.18 Å². The van der Waals surface area contributed by atoms with Crippen molar-refractivity contribution in [1.82, 2.24) is 15.3 Å². The predicted molar refractivity (Wildman–Crippen MR) is 83.7 cm³/mol. The zero-order chi connectivity index (χ0) is 18.0. The van der Waals surface area contributed by atoms with Gasteiger partial charge in [0.2, 0.25) is 0 Å². The van der Waals surface area contributed by atoms with Gasteiger partial charge in [-0.3, -0.25) is 9.48 Å². The van der Waals surface area contributed by atoms with E-state index in [-0.39, 0.29) is 5.69 Å². The van der Waals surface area contributed by atoms with Gasteiger partial charge in [-0.05, 0) is 31.0 Å². The van der Waals surface area contributed by atoms with E-state index in [1.165, 1.54) is 13.1 Å². The average molecular weight is 375 g/mol. The van der Waals surface area contributed by atoms with Gasteiger partial charge in [0.25, 0.3) is 5.91 Å². The van der Waals surface area contributed by atoms with Crippen LogP contribution in [0.3, 0.4) is 0 Å². The Morgan fingerprint density at radius 3 is 2.88 bits per heavy atom. The summed E-state index contributed by atoms with van der Waals surface area (Å²) in [6.07, 6.45) is -2.32. The lowest BCUT2D eigenvalue weighted by Crippen LogP contribution is -2.32.